The number of carboxylic acid groups (broad SMARTS) is 1. The first kappa shape index (κ1) is 27.6. The topological polar surface area (TPSA) is 90.7 Å². The Morgan fingerprint density at radius 1 is 1.15 bits per heavy atom. The SMILES string of the molecule is COc1cc(N2CCN(C3=Nc4ccsc4C(CC(=O)O)N3c3cc(C(F)(F)F)ccc3OC)CC2C)ccn1. The van der Waals surface area contributed by atoms with Gasteiger partial charge in [-0.25, -0.2) is 9.98 Å². The number of carbonyl (C=O) groups is 1. The second kappa shape index (κ2) is 10.9. The van der Waals surface area contributed by atoms with Gasteiger partial charge in [0, 0.05) is 43.6 Å². The molecule has 0 spiro atoms. The average Bonchev–Trinajstić information content (AvgIpc) is 3.40. The lowest BCUT2D eigenvalue weighted by molar-refractivity contribution is -0.138. The van der Waals surface area contributed by atoms with Crippen LogP contribution in [0, 0.1) is 0 Å². The Kier molecular flexibility index (Phi) is 7.49. The molecule has 13 heteroatoms. The van der Waals surface area contributed by atoms with Crippen LogP contribution in [0.5, 0.6) is 11.6 Å². The molecule has 4 heterocycles. The van der Waals surface area contributed by atoms with Crippen molar-refractivity contribution >= 4 is 40.3 Å². The number of nitrogens with zero attached hydrogens (tertiary/aromatic N) is 5. The van der Waals surface area contributed by atoms with Crippen LogP contribution in [0.15, 0.2) is 53.0 Å². The van der Waals surface area contributed by atoms with E-state index in [9.17, 15) is 23.1 Å². The molecule has 0 saturated carbocycles. The molecule has 9 nitrogen and oxygen atoms in total. The number of rotatable bonds is 6. The van der Waals surface area contributed by atoms with E-state index in [4.69, 9.17) is 14.5 Å². The van der Waals surface area contributed by atoms with Crippen LogP contribution in [0.2, 0.25) is 0 Å². The van der Waals surface area contributed by atoms with Gasteiger partial charge in [-0.2, -0.15) is 13.2 Å². The number of guanidine groups is 1. The fraction of sp³-hybridized carbons (Fsp3) is 0.370. The van der Waals surface area contributed by atoms with Gasteiger partial charge in [-0.15, -0.1) is 11.3 Å². The number of benzene rings is 1. The number of aliphatic carboxylic acids is 1. The summed E-state index contributed by atoms with van der Waals surface area (Å²) in [5.41, 5.74) is 0.793. The molecule has 2 unspecified atom stereocenters. The van der Waals surface area contributed by atoms with E-state index in [2.05, 4.69) is 9.88 Å². The van der Waals surface area contributed by atoms with Crippen LogP contribution in [0.4, 0.5) is 30.2 Å². The Morgan fingerprint density at radius 2 is 1.95 bits per heavy atom. The van der Waals surface area contributed by atoms with Gasteiger partial charge in [-0.1, -0.05) is 0 Å². The zero-order valence-electron chi connectivity index (χ0n) is 22.1. The number of aliphatic imine (C=N–C) groups is 1. The third-order valence-corrected chi connectivity index (χ3v) is 8.03. The summed E-state index contributed by atoms with van der Waals surface area (Å²) >= 11 is 1.33. The molecule has 1 saturated heterocycles. The summed E-state index contributed by atoms with van der Waals surface area (Å²) in [5.74, 6) is -0.0142. The number of thiophene rings is 1. The maximum absolute atomic E-state index is 13.8. The van der Waals surface area contributed by atoms with Gasteiger partial charge >= 0.3 is 12.1 Å². The van der Waals surface area contributed by atoms with Crippen molar-refractivity contribution in [1.29, 1.82) is 0 Å². The lowest BCUT2D eigenvalue weighted by Crippen LogP contribution is -2.58. The van der Waals surface area contributed by atoms with E-state index in [0.717, 1.165) is 17.8 Å². The summed E-state index contributed by atoms with van der Waals surface area (Å²) in [4.78, 5) is 27.5. The van der Waals surface area contributed by atoms with Gasteiger partial charge in [0.15, 0.2) is 0 Å². The van der Waals surface area contributed by atoms with Crippen LogP contribution in [-0.4, -0.2) is 66.8 Å². The fourth-order valence-electron chi connectivity index (χ4n) is 5.19. The summed E-state index contributed by atoms with van der Waals surface area (Å²) in [5, 5.41) is 11.6. The van der Waals surface area contributed by atoms with Crippen LogP contribution in [0.1, 0.15) is 29.8 Å². The number of aromatic nitrogens is 1. The number of pyridine rings is 1. The number of halogens is 3. The minimum absolute atomic E-state index is 0.0180. The third kappa shape index (κ3) is 5.25. The molecule has 212 valence electrons. The first-order chi connectivity index (χ1) is 19.1. The van der Waals surface area contributed by atoms with Crippen LogP contribution >= 0.6 is 11.3 Å². The quantitative estimate of drug-likeness (QED) is 0.417. The van der Waals surface area contributed by atoms with E-state index < -0.39 is 23.8 Å². The minimum atomic E-state index is -4.60. The highest BCUT2D eigenvalue weighted by Crippen LogP contribution is 2.47. The monoisotopic (exact) mass is 575 g/mol. The van der Waals surface area contributed by atoms with Crippen LogP contribution in [0.3, 0.4) is 0 Å². The molecule has 0 radical (unpaired) electrons. The standard InChI is InChI=1S/C27H28F3N5O4S/c1-16-15-33(9-10-34(16)18-6-8-31-23(13-18)39-3)26-32-19-7-11-40-25(19)21(14-24(36)37)35(26)20-12-17(27(28,29)30)4-5-22(20)38-2/h4-8,11-13,16,21H,9-10,14-15H2,1-3H3,(H,36,37). The molecule has 1 aromatic carbocycles. The summed E-state index contributed by atoms with van der Waals surface area (Å²) in [6, 6.07) is 7.97. The molecule has 3 aromatic rings. The molecule has 2 atom stereocenters. The number of fused-ring (bicyclic) bond motifs is 1. The number of carboxylic acids is 1. The Balaban J connectivity index is 1.58. The van der Waals surface area contributed by atoms with Crippen molar-refractivity contribution in [3.63, 3.8) is 0 Å². The van der Waals surface area contributed by atoms with E-state index in [1.807, 2.05) is 29.3 Å². The zero-order chi connectivity index (χ0) is 28.6. The fourth-order valence-corrected chi connectivity index (χ4v) is 6.11. The average molecular weight is 576 g/mol. The highest BCUT2D eigenvalue weighted by molar-refractivity contribution is 7.10. The largest absolute Gasteiger partial charge is 0.495 e. The van der Waals surface area contributed by atoms with E-state index in [1.54, 1.807) is 24.3 Å². The molecule has 1 N–H and O–H groups in total. The molecule has 1 fully saturated rings. The second-order valence-electron chi connectivity index (χ2n) is 9.49. The summed E-state index contributed by atoms with van der Waals surface area (Å²) < 4.78 is 52.2. The van der Waals surface area contributed by atoms with Crippen LogP contribution in [0.25, 0.3) is 0 Å². The van der Waals surface area contributed by atoms with Crippen molar-refractivity contribution < 1.29 is 32.5 Å². The highest BCUT2D eigenvalue weighted by Gasteiger charge is 2.41. The molecule has 2 aliphatic heterocycles. The van der Waals surface area contributed by atoms with E-state index in [-0.39, 0.29) is 23.9 Å². The smallest absolute Gasteiger partial charge is 0.416 e. The van der Waals surface area contributed by atoms with Gasteiger partial charge in [0.05, 0.1) is 48.5 Å². The Bertz CT molecular complexity index is 1430. The van der Waals surface area contributed by atoms with Gasteiger partial charge in [-0.05, 0) is 42.6 Å². The first-order valence-electron chi connectivity index (χ1n) is 12.5. The third-order valence-electron chi connectivity index (χ3n) is 7.03. The number of piperazine rings is 1. The molecule has 2 aromatic heterocycles. The first-order valence-corrected chi connectivity index (χ1v) is 13.4. The van der Waals surface area contributed by atoms with Crippen molar-refractivity contribution in [1.82, 2.24) is 9.88 Å². The van der Waals surface area contributed by atoms with Crippen molar-refractivity contribution in [3.05, 3.63) is 58.4 Å². The molecular formula is C27H28F3N5O4S. The van der Waals surface area contributed by atoms with Crippen LogP contribution in [-0.2, 0) is 11.0 Å². The Morgan fingerprint density at radius 3 is 2.62 bits per heavy atom. The van der Waals surface area contributed by atoms with E-state index in [1.165, 1.54) is 24.5 Å². The van der Waals surface area contributed by atoms with Crippen molar-refractivity contribution in [2.45, 2.75) is 31.6 Å². The van der Waals surface area contributed by atoms with Gasteiger partial charge in [0.1, 0.15) is 5.75 Å². The number of alkyl halides is 3. The van der Waals surface area contributed by atoms with Gasteiger partial charge < -0.3 is 24.4 Å². The summed E-state index contributed by atoms with van der Waals surface area (Å²) in [7, 11) is 2.93. The predicted molar refractivity (Wildman–Crippen MR) is 146 cm³/mol. The number of hydrogen-bond donors (Lipinski definition) is 1. The van der Waals surface area contributed by atoms with Crippen molar-refractivity contribution in [3.8, 4) is 11.6 Å². The minimum Gasteiger partial charge on any atom is -0.495 e. The Labute approximate surface area is 233 Å². The normalized spacial score (nSPS) is 19.2. The summed E-state index contributed by atoms with van der Waals surface area (Å²) in [6.45, 7) is 3.61. The highest BCUT2D eigenvalue weighted by atomic mass is 32.1. The van der Waals surface area contributed by atoms with Crippen molar-refractivity contribution in [2.75, 3.05) is 43.7 Å². The van der Waals surface area contributed by atoms with E-state index in [0.29, 0.717) is 42.0 Å². The summed E-state index contributed by atoms with van der Waals surface area (Å²) in [6.07, 6.45) is -3.26. The second-order valence-corrected chi connectivity index (χ2v) is 10.4. The molecule has 5 rings (SSSR count). The van der Waals surface area contributed by atoms with Gasteiger partial charge in [0.2, 0.25) is 11.8 Å². The molecule has 2 aliphatic rings. The Hall–Kier alpha value is -4.00. The van der Waals surface area contributed by atoms with Gasteiger partial charge in [-0.3, -0.25) is 9.69 Å². The molecular weight excluding hydrogens is 547 g/mol. The van der Waals surface area contributed by atoms with Gasteiger partial charge in [0.25, 0.3) is 0 Å². The lowest BCUT2D eigenvalue weighted by atomic mass is 10.0. The number of methoxy groups -OCH3 is 2. The molecule has 40 heavy (non-hydrogen) atoms. The maximum Gasteiger partial charge on any atom is 0.416 e. The molecule has 0 aliphatic carbocycles. The van der Waals surface area contributed by atoms with Crippen LogP contribution < -0.4 is 19.3 Å². The number of anilines is 2. The zero-order valence-corrected chi connectivity index (χ0v) is 22.9. The lowest BCUT2D eigenvalue weighted by Gasteiger charge is -2.47. The molecule has 0 bridgehead atoms. The number of ether oxygens (including phenoxy) is 2. The predicted octanol–water partition coefficient (Wildman–Crippen LogP) is 5.41. The van der Waals surface area contributed by atoms with Crippen molar-refractivity contribution in [2.24, 2.45) is 4.99 Å². The molecule has 0 amide bonds. The number of hydrogen-bond acceptors (Lipinski definition) is 9. The maximum atomic E-state index is 13.8. The van der Waals surface area contributed by atoms with E-state index >= 15 is 0 Å².